The number of fused-ring (bicyclic) bond motifs is 5. The molecule has 0 radical (unpaired) electrons. The number of hydrogen-bond acceptors (Lipinski definition) is 5. The van der Waals surface area contributed by atoms with Crippen LogP contribution in [-0.2, 0) is 36.6 Å². The van der Waals surface area contributed by atoms with Crippen LogP contribution < -0.4 is 4.90 Å². The maximum absolute atomic E-state index is 6.49. The predicted octanol–water partition coefficient (Wildman–Crippen LogP) is 12.3. The van der Waals surface area contributed by atoms with Gasteiger partial charge in [0.2, 0.25) is 0 Å². The van der Waals surface area contributed by atoms with Gasteiger partial charge in [-0.25, -0.2) is 4.98 Å². The summed E-state index contributed by atoms with van der Waals surface area (Å²) in [4.78, 5) is 17.4. The van der Waals surface area contributed by atoms with Crippen molar-refractivity contribution in [2.75, 3.05) is 11.5 Å². The molecule has 5 heterocycles. The first kappa shape index (κ1) is 39.7. The number of anilines is 3. The van der Waals surface area contributed by atoms with E-state index in [1.165, 1.54) is 22.1 Å². The van der Waals surface area contributed by atoms with E-state index >= 15 is 0 Å². The van der Waals surface area contributed by atoms with Crippen LogP contribution in [0.15, 0.2) is 114 Å². The summed E-state index contributed by atoms with van der Waals surface area (Å²) in [7, 11) is 0. The van der Waals surface area contributed by atoms with Crippen molar-refractivity contribution < 1.29 is 25.8 Å². The Bertz CT molecular complexity index is 2680. The maximum atomic E-state index is 6.49. The van der Waals surface area contributed by atoms with E-state index in [4.69, 9.17) is 19.7 Å². The first-order valence-electron chi connectivity index (χ1n) is 20.4. The molecule has 3 aromatic heterocycles. The molecule has 7 aromatic rings. The monoisotopic (exact) mass is 944 g/mol. The fourth-order valence-corrected chi connectivity index (χ4v) is 9.40. The maximum Gasteiger partial charge on any atom is 2.00 e. The van der Waals surface area contributed by atoms with Crippen molar-refractivity contribution in [2.45, 2.75) is 79.2 Å². The summed E-state index contributed by atoms with van der Waals surface area (Å²) in [5, 5.41) is 2.32. The average molecular weight is 945 g/mol. The molecule has 296 valence electrons. The second kappa shape index (κ2) is 15.0. The van der Waals surface area contributed by atoms with E-state index in [-0.39, 0.29) is 37.9 Å². The smallest absolute Gasteiger partial charge is 0.518 e. The number of aromatic nitrogens is 3. The quantitative estimate of drug-likeness (QED) is 0.149. The molecule has 7 heteroatoms. The third-order valence-corrected chi connectivity index (χ3v) is 12.2. The van der Waals surface area contributed by atoms with E-state index in [2.05, 4.69) is 169 Å². The van der Waals surface area contributed by atoms with Gasteiger partial charge >= 0.3 is 21.1 Å². The molecule has 2 aliphatic rings. The van der Waals surface area contributed by atoms with E-state index in [9.17, 15) is 0 Å². The van der Waals surface area contributed by atoms with E-state index < -0.39 is 0 Å². The first-order valence-corrected chi connectivity index (χ1v) is 20.4. The van der Waals surface area contributed by atoms with Gasteiger partial charge in [0.15, 0.2) is 0 Å². The molecule has 1 atom stereocenters. The van der Waals surface area contributed by atoms with Gasteiger partial charge in [-0.2, -0.15) is 6.07 Å². The van der Waals surface area contributed by atoms with Crippen molar-refractivity contribution in [3.8, 4) is 17.1 Å². The van der Waals surface area contributed by atoms with Crippen LogP contribution in [0.2, 0.25) is 0 Å². The summed E-state index contributed by atoms with van der Waals surface area (Å²) in [5.74, 6) is 2.90. The normalized spacial score (nSPS) is 16.1. The second-order valence-electron chi connectivity index (χ2n) is 18.0. The van der Waals surface area contributed by atoms with Gasteiger partial charge in [-0.1, -0.05) is 127 Å². The molecule has 0 saturated heterocycles. The third-order valence-electron chi connectivity index (χ3n) is 12.2. The summed E-state index contributed by atoms with van der Waals surface area (Å²) < 4.78 is 8.77. The van der Waals surface area contributed by atoms with Gasteiger partial charge in [-0.05, 0) is 87.2 Å². The zero-order chi connectivity index (χ0) is 39.8. The summed E-state index contributed by atoms with van der Waals surface area (Å²) in [5.41, 5.74) is 11.0. The Morgan fingerprint density at radius 1 is 0.776 bits per heavy atom. The fraction of sp³-hybridized carbons (Fsp3) is 0.314. The van der Waals surface area contributed by atoms with Crippen LogP contribution in [0.4, 0.5) is 17.1 Å². The molecule has 4 aromatic carbocycles. The zero-order valence-electron chi connectivity index (χ0n) is 34.9. The number of para-hydroxylation sites is 2. The van der Waals surface area contributed by atoms with Gasteiger partial charge in [0.25, 0.3) is 0 Å². The largest absolute Gasteiger partial charge is 2.00 e. The third kappa shape index (κ3) is 6.68. The topological polar surface area (TPSA) is 55.5 Å². The van der Waals surface area contributed by atoms with Crippen molar-refractivity contribution in [3.05, 3.63) is 144 Å². The Morgan fingerprint density at radius 3 is 2.26 bits per heavy atom. The Kier molecular flexibility index (Phi) is 10.2. The Morgan fingerprint density at radius 2 is 1.52 bits per heavy atom. The van der Waals surface area contributed by atoms with Crippen molar-refractivity contribution >= 4 is 44.8 Å². The van der Waals surface area contributed by atoms with Crippen LogP contribution in [0.25, 0.3) is 38.9 Å². The molecule has 0 amide bonds. The molecular formula is C51H51N5OPt. The number of pyridine rings is 2. The van der Waals surface area contributed by atoms with Crippen LogP contribution >= 0.6 is 0 Å². The molecule has 9 rings (SSSR count). The Hall–Kier alpha value is -5.06. The number of nitrogens with zero attached hydrogens (tertiary/aromatic N) is 5. The van der Waals surface area contributed by atoms with E-state index in [1.54, 1.807) is 0 Å². The summed E-state index contributed by atoms with van der Waals surface area (Å²) >= 11 is 0. The van der Waals surface area contributed by atoms with Crippen LogP contribution in [0, 0.1) is 29.9 Å². The molecule has 0 saturated carbocycles. The van der Waals surface area contributed by atoms with Gasteiger partial charge in [-0.15, -0.1) is 35.2 Å². The molecule has 0 spiro atoms. The van der Waals surface area contributed by atoms with Crippen LogP contribution in [0.1, 0.15) is 84.6 Å². The first-order chi connectivity index (χ1) is 27.3. The minimum Gasteiger partial charge on any atom is -0.518 e. The molecule has 0 aliphatic carbocycles. The second-order valence-corrected chi connectivity index (χ2v) is 18.0. The fourth-order valence-electron chi connectivity index (χ4n) is 9.40. The van der Waals surface area contributed by atoms with Crippen molar-refractivity contribution in [1.29, 1.82) is 0 Å². The minimum absolute atomic E-state index is 0. The Labute approximate surface area is 357 Å². The average Bonchev–Trinajstić information content (AvgIpc) is 3.80. The number of hydrogen-bond donors (Lipinski definition) is 0. The van der Waals surface area contributed by atoms with Gasteiger partial charge in [0.1, 0.15) is 11.7 Å². The summed E-state index contributed by atoms with van der Waals surface area (Å²) in [6, 6.07) is 42.5. The molecule has 0 N–H and O–H groups in total. The van der Waals surface area contributed by atoms with Crippen molar-refractivity contribution in [2.24, 2.45) is 22.7 Å². The van der Waals surface area contributed by atoms with Crippen molar-refractivity contribution in [3.63, 3.8) is 0 Å². The molecule has 0 fully saturated rings. The van der Waals surface area contributed by atoms with E-state index in [0.717, 1.165) is 56.1 Å². The van der Waals surface area contributed by atoms with Gasteiger partial charge in [0.05, 0.1) is 18.3 Å². The van der Waals surface area contributed by atoms with Gasteiger partial charge in [0, 0.05) is 23.6 Å². The summed E-state index contributed by atoms with van der Waals surface area (Å²) in [6.45, 7) is 21.1. The van der Waals surface area contributed by atoms with Gasteiger partial charge < -0.3 is 14.2 Å². The SMILES string of the molecule is CC(C)C(C(C)C)[C@@H]1COC(c2[c-]c(N3c4[c-]c5c(cc4C(C)(C)c4ccccc43)c3ccccc3n5-c3cc(C(C)(C)C)ccn3)cc(-c3ccccn3)c2)=N1.[Pt+2]. The van der Waals surface area contributed by atoms with E-state index in [1.807, 2.05) is 24.5 Å². The van der Waals surface area contributed by atoms with Crippen LogP contribution in [0.3, 0.4) is 0 Å². The number of ether oxygens (including phenoxy) is 1. The van der Waals surface area contributed by atoms with Crippen molar-refractivity contribution in [1.82, 2.24) is 14.5 Å². The van der Waals surface area contributed by atoms with E-state index in [0.29, 0.717) is 30.3 Å². The molecule has 2 aliphatic heterocycles. The molecular weight excluding hydrogens is 894 g/mol. The Balaban J connectivity index is 0.00000469. The minimum atomic E-state index is -0.323. The van der Waals surface area contributed by atoms with Crippen LogP contribution in [0.5, 0.6) is 0 Å². The predicted molar refractivity (Wildman–Crippen MR) is 234 cm³/mol. The molecule has 0 unspecified atom stereocenters. The number of benzene rings is 4. The van der Waals surface area contributed by atoms with Crippen LogP contribution in [-0.4, -0.2) is 33.1 Å². The zero-order valence-corrected chi connectivity index (χ0v) is 37.1. The standard InChI is InChI=1S/C51H51N5O.Pt/c1-31(2)48(32(3)4)42-30-57-49(54-42)34-24-33(41-18-14-15-22-52-41)25-36(26-34)55-44-20-13-11-17-39(44)51(8,9)40-28-38-37-16-10-12-19-43(37)56(45(38)29-46(40)55)47-27-35(21-23-53-47)50(5,6)7;/h10-25,27-28,31-32,42,48H,30H2,1-9H3;/q-2;+2/t42-;/m0./s1. The summed E-state index contributed by atoms with van der Waals surface area (Å²) in [6.07, 6.45) is 3.78. The molecule has 58 heavy (non-hydrogen) atoms. The number of aliphatic imine (C=N–C) groups is 1. The molecule has 0 bridgehead atoms. The van der Waals surface area contributed by atoms with Gasteiger partial charge in [-0.3, -0.25) is 9.98 Å². The number of rotatable bonds is 7. The molecule has 6 nitrogen and oxygen atoms in total.